The minimum Gasteiger partial charge on any atom is -0.468 e. The third-order valence-corrected chi connectivity index (χ3v) is 9.29. The van der Waals surface area contributed by atoms with E-state index in [0.29, 0.717) is 43.0 Å². The Morgan fingerprint density at radius 1 is 0.868 bits per heavy atom. The molecule has 0 aromatic heterocycles. The van der Waals surface area contributed by atoms with E-state index in [1.165, 1.54) is 7.11 Å². The zero-order chi connectivity index (χ0) is 27.2. The molecule has 0 bridgehead atoms. The van der Waals surface area contributed by atoms with Crippen molar-refractivity contribution >= 4 is 35.8 Å². The molecule has 1 aliphatic heterocycles. The van der Waals surface area contributed by atoms with Crippen LogP contribution in [-0.4, -0.2) is 61.6 Å². The predicted molar refractivity (Wildman–Crippen MR) is 151 cm³/mol. The summed E-state index contributed by atoms with van der Waals surface area (Å²) in [4.78, 5) is 42.7. The number of hydrogen-bond donors (Lipinski definition) is 0. The number of carbonyl (C=O) groups excluding carboxylic acids is 3. The average molecular weight is 532 g/mol. The summed E-state index contributed by atoms with van der Waals surface area (Å²) in [6, 6.07) is 20.9. The molecule has 0 N–H and O–H groups in total. The molecule has 3 aromatic rings. The lowest BCUT2D eigenvalue weighted by Crippen LogP contribution is -2.48. The molecule has 1 saturated heterocycles. The molecule has 1 fully saturated rings. The Morgan fingerprint density at radius 3 is 1.92 bits per heavy atom. The standard InChI is InChI=1S/C31H34NO5P/c1-21-19-22(2)29(31(35)38(24-11-7-5-8-12-24)25-13-9-6-10-14-25)23(3)28(21)27(33)20-26(30(34)36-4)32-15-17-37-18-16-32/h5-14,19,26H,15-18,20H2,1-4H3. The van der Waals surface area contributed by atoms with Gasteiger partial charge in [-0.05, 0) is 48.1 Å². The number of methoxy groups -OCH3 is 1. The summed E-state index contributed by atoms with van der Waals surface area (Å²) in [7, 11) is -0.00631. The first kappa shape index (κ1) is 27.8. The van der Waals surface area contributed by atoms with E-state index in [-0.39, 0.29) is 17.7 Å². The largest absolute Gasteiger partial charge is 0.468 e. The van der Waals surface area contributed by atoms with E-state index in [9.17, 15) is 14.4 Å². The number of ether oxygens (including phenoxy) is 2. The number of ketones is 1. The summed E-state index contributed by atoms with van der Waals surface area (Å²) >= 11 is 0. The summed E-state index contributed by atoms with van der Waals surface area (Å²) < 4.78 is 10.5. The van der Waals surface area contributed by atoms with E-state index >= 15 is 0 Å². The van der Waals surface area contributed by atoms with Crippen molar-refractivity contribution in [3.05, 3.63) is 94.5 Å². The Hall–Kier alpha value is -3.18. The van der Waals surface area contributed by atoms with E-state index in [2.05, 4.69) is 0 Å². The number of rotatable bonds is 9. The second-order valence-corrected chi connectivity index (χ2v) is 11.6. The molecular formula is C31H34NO5P. The van der Waals surface area contributed by atoms with Gasteiger partial charge in [0.15, 0.2) is 11.3 Å². The minimum absolute atomic E-state index is 0.0131. The number of carbonyl (C=O) groups is 3. The van der Waals surface area contributed by atoms with Crippen molar-refractivity contribution in [2.75, 3.05) is 33.4 Å². The normalized spacial score (nSPS) is 14.8. The van der Waals surface area contributed by atoms with Crippen LogP contribution in [0.4, 0.5) is 0 Å². The number of benzene rings is 3. The van der Waals surface area contributed by atoms with Crippen molar-refractivity contribution < 1.29 is 23.9 Å². The molecule has 0 aliphatic carbocycles. The number of Topliss-reactive ketones (excluding diaryl/α,β-unsaturated/α-hetero) is 1. The van der Waals surface area contributed by atoms with Gasteiger partial charge in [0.2, 0.25) is 0 Å². The van der Waals surface area contributed by atoms with Crippen LogP contribution in [0.3, 0.4) is 0 Å². The highest BCUT2D eigenvalue weighted by atomic mass is 31.1. The Balaban J connectivity index is 1.74. The first-order valence-corrected chi connectivity index (χ1v) is 14.2. The highest BCUT2D eigenvalue weighted by Gasteiger charge is 2.33. The van der Waals surface area contributed by atoms with Gasteiger partial charge in [0.05, 0.1) is 20.3 Å². The lowest BCUT2D eigenvalue weighted by Gasteiger charge is -2.32. The minimum atomic E-state index is -1.35. The molecular weight excluding hydrogens is 497 g/mol. The van der Waals surface area contributed by atoms with Crippen LogP contribution in [0.2, 0.25) is 0 Å². The van der Waals surface area contributed by atoms with Crippen LogP contribution in [0, 0.1) is 20.8 Å². The van der Waals surface area contributed by atoms with Gasteiger partial charge in [0, 0.05) is 38.6 Å². The maximum absolute atomic E-state index is 14.3. The quantitative estimate of drug-likeness (QED) is 0.233. The first-order chi connectivity index (χ1) is 18.3. The number of nitrogens with zero attached hydrogens (tertiary/aromatic N) is 1. The molecule has 1 atom stereocenters. The molecule has 3 aromatic carbocycles. The summed E-state index contributed by atoms with van der Waals surface area (Å²) in [5.41, 5.74) is 3.42. The zero-order valence-corrected chi connectivity index (χ0v) is 23.3. The number of hydrogen-bond acceptors (Lipinski definition) is 6. The van der Waals surface area contributed by atoms with Crippen LogP contribution in [0.15, 0.2) is 66.7 Å². The molecule has 0 amide bonds. The highest BCUT2D eigenvalue weighted by Crippen LogP contribution is 2.40. The third-order valence-electron chi connectivity index (χ3n) is 7.03. The van der Waals surface area contributed by atoms with Gasteiger partial charge in [-0.15, -0.1) is 0 Å². The number of esters is 1. The predicted octanol–water partition coefficient (Wildman–Crippen LogP) is 4.33. The van der Waals surface area contributed by atoms with Gasteiger partial charge in [0.25, 0.3) is 0 Å². The molecule has 1 aliphatic rings. The molecule has 1 unspecified atom stereocenters. The summed E-state index contributed by atoms with van der Waals surface area (Å²) in [5.74, 6) is -0.602. The Bertz CT molecular complexity index is 1260. The fourth-order valence-electron chi connectivity index (χ4n) is 5.26. The second-order valence-electron chi connectivity index (χ2n) is 9.51. The average Bonchev–Trinajstić information content (AvgIpc) is 2.93. The maximum atomic E-state index is 14.3. The van der Waals surface area contributed by atoms with Crippen molar-refractivity contribution in [1.82, 2.24) is 4.90 Å². The van der Waals surface area contributed by atoms with Crippen molar-refractivity contribution in [1.29, 1.82) is 0 Å². The van der Waals surface area contributed by atoms with E-state index in [1.807, 2.05) is 92.4 Å². The lowest BCUT2D eigenvalue weighted by molar-refractivity contribution is -0.148. The van der Waals surface area contributed by atoms with Gasteiger partial charge < -0.3 is 9.47 Å². The Kier molecular flexibility index (Phi) is 9.22. The molecule has 7 heteroatoms. The molecule has 4 rings (SSSR count). The van der Waals surface area contributed by atoms with Crippen LogP contribution >= 0.6 is 7.92 Å². The molecule has 1 heterocycles. The number of aryl methyl sites for hydroxylation is 2. The maximum Gasteiger partial charge on any atom is 0.323 e. The lowest BCUT2D eigenvalue weighted by atomic mass is 9.89. The highest BCUT2D eigenvalue weighted by molar-refractivity contribution is 7.88. The van der Waals surface area contributed by atoms with Crippen LogP contribution in [0.1, 0.15) is 43.8 Å². The van der Waals surface area contributed by atoms with E-state index in [4.69, 9.17) is 9.47 Å². The smallest absolute Gasteiger partial charge is 0.323 e. The Labute approximate surface area is 225 Å². The van der Waals surface area contributed by atoms with Gasteiger partial charge in [-0.1, -0.05) is 66.7 Å². The SMILES string of the molecule is COC(=O)C(CC(=O)c1c(C)cc(C)c(C(=O)P(c2ccccc2)c2ccccc2)c1C)N1CCOCC1. The van der Waals surface area contributed by atoms with Crippen LogP contribution in [-0.2, 0) is 14.3 Å². The van der Waals surface area contributed by atoms with Gasteiger partial charge >= 0.3 is 5.97 Å². The van der Waals surface area contributed by atoms with Crippen LogP contribution in [0.25, 0.3) is 0 Å². The summed E-state index contributed by atoms with van der Waals surface area (Å²) in [5, 5.41) is 1.92. The van der Waals surface area contributed by atoms with Crippen molar-refractivity contribution in [3.63, 3.8) is 0 Å². The van der Waals surface area contributed by atoms with E-state index in [0.717, 1.165) is 21.7 Å². The topological polar surface area (TPSA) is 72.9 Å². The van der Waals surface area contributed by atoms with Gasteiger partial charge in [-0.3, -0.25) is 19.3 Å². The monoisotopic (exact) mass is 531 g/mol. The Morgan fingerprint density at radius 2 is 1.39 bits per heavy atom. The molecule has 0 saturated carbocycles. The fourth-order valence-corrected chi connectivity index (χ4v) is 7.53. The van der Waals surface area contributed by atoms with Gasteiger partial charge in [-0.25, -0.2) is 0 Å². The molecule has 0 radical (unpaired) electrons. The van der Waals surface area contributed by atoms with Crippen molar-refractivity contribution in [2.24, 2.45) is 0 Å². The molecule has 0 spiro atoms. The fraction of sp³-hybridized carbons (Fsp3) is 0.323. The zero-order valence-electron chi connectivity index (χ0n) is 22.4. The first-order valence-electron chi connectivity index (χ1n) is 12.8. The van der Waals surface area contributed by atoms with E-state index in [1.54, 1.807) is 0 Å². The third kappa shape index (κ3) is 5.94. The number of morpholine rings is 1. The van der Waals surface area contributed by atoms with Gasteiger partial charge in [-0.2, -0.15) is 0 Å². The second kappa shape index (κ2) is 12.6. The molecule has 198 valence electrons. The van der Waals surface area contributed by atoms with Gasteiger partial charge in [0.1, 0.15) is 6.04 Å². The van der Waals surface area contributed by atoms with Crippen LogP contribution < -0.4 is 10.6 Å². The van der Waals surface area contributed by atoms with Crippen molar-refractivity contribution in [2.45, 2.75) is 33.2 Å². The summed E-state index contributed by atoms with van der Waals surface area (Å²) in [6.45, 7) is 7.79. The molecule has 6 nitrogen and oxygen atoms in total. The molecule has 38 heavy (non-hydrogen) atoms. The van der Waals surface area contributed by atoms with Crippen molar-refractivity contribution in [3.8, 4) is 0 Å². The van der Waals surface area contributed by atoms with E-state index < -0.39 is 19.9 Å². The van der Waals surface area contributed by atoms with Crippen LogP contribution in [0.5, 0.6) is 0 Å². The summed E-state index contributed by atoms with van der Waals surface area (Å²) in [6.07, 6.45) is -0.0167.